The molecule has 0 fully saturated rings. The molecule has 0 atom stereocenters. The molecule has 0 heterocycles. The Morgan fingerprint density at radius 2 is 1.42 bits per heavy atom. The molecule has 0 aromatic carbocycles. The van der Waals surface area contributed by atoms with Crippen molar-refractivity contribution in [2.75, 3.05) is 20.1 Å². The summed E-state index contributed by atoms with van der Waals surface area (Å²) in [4.78, 5) is 20.7. The fraction of sp³-hybridized carbons (Fsp3) is 0.600. The van der Waals surface area contributed by atoms with E-state index in [9.17, 15) is 19.8 Å². The molecule has 0 saturated heterocycles. The zero-order chi connectivity index (χ0) is 8.15. The monoisotopic (exact) mass is 224 g/mol. The molecule has 1 radical (unpaired) electrons. The minimum absolute atomic E-state index is 0. The van der Waals surface area contributed by atoms with Crippen molar-refractivity contribution in [3.05, 3.63) is 0 Å². The fourth-order valence-electron chi connectivity index (χ4n) is 0.497. The van der Waals surface area contributed by atoms with Gasteiger partial charge in [0.2, 0.25) is 0 Å². The fourth-order valence-corrected chi connectivity index (χ4v) is 0.497. The molecule has 0 amide bonds. The van der Waals surface area contributed by atoms with Gasteiger partial charge in [0.05, 0.1) is 11.9 Å². The van der Waals surface area contributed by atoms with Crippen molar-refractivity contribution in [1.82, 2.24) is 4.90 Å². The summed E-state index contributed by atoms with van der Waals surface area (Å²) in [6, 6.07) is 0. The van der Waals surface area contributed by atoms with E-state index < -0.39 is 25.0 Å². The number of carboxylic acids is 2. The number of rotatable bonds is 4. The van der Waals surface area contributed by atoms with Gasteiger partial charge in [-0.25, -0.2) is 0 Å². The van der Waals surface area contributed by atoms with Crippen LogP contribution in [0.4, 0.5) is 0 Å². The molecule has 0 aromatic rings. The summed E-state index contributed by atoms with van der Waals surface area (Å²) in [7, 11) is 1.35. The maximum atomic E-state index is 9.83. The predicted molar refractivity (Wildman–Crippen MR) is 27.5 cm³/mol. The zero-order valence-corrected chi connectivity index (χ0v) is 9.95. The van der Waals surface area contributed by atoms with Crippen molar-refractivity contribution in [2.24, 2.45) is 0 Å². The third-order valence-electron chi connectivity index (χ3n) is 0.798. The van der Waals surface area contributed by atoms with Crippen molar-refractivity contribution in [3.8, 4) is 0 Å². The van der Waals surface area contributed by atoms with Crippen LogP contribution < -0.4 is 39.8 Å². The normalized spacial score (nSPS) is 8.17. The van der Waals surface area contributed by atoms with Crippen LogP contribution in [-0.4, -0.2) is 37.0 Å². The second kappa shape index (κ2) is 9.51. The van der Waals surface area contributed by atoms with Crippen molar-refractivity contribution in [3.63, 3.8) is 0 Å². The van der Waals surface area contributed by atoms with Crippen LogP contribution in [0.5, 0.6) is 0 Å². The first-order valence-electron chi connectivity index (χ1n) is 2.60. The van der Waals surface area contributed by atoms with E-state index in [0.717, 1.165) is 4.90 Å². The molecule has 0 aliphatic carbocycles. The van der Waals surface area contributed by atoms with Crippen LogP contribution in [0, 0.1) is 0 Å². The summed E-state index contributed by atoms with van der Waals surface area (Å²) in [6.45, 7) is -0.790. The Balaban J connectivity index is -0.000000405. The van der Waals surface area contributed by atoms with Crippen molar-refractivity contribution in [2.45, 2.75) is 0 Å². The number of hydrogen-bond donors (Lipinski definition) is 0. The topological polar surface area (TPSA) is 83.5 Å². The maximum Gasteiger partial charge on any atom is 3.00 e. The number of hydrogen-bond acceptors (Lipinski definition) is 5. The quantitative estimate of drug-likeness (QED) is 0.443. The molecular weight excluding hydrogens is 217 g/mol. The third kappa shape index (κ3) is 13.0. The van der Waals surface area contributed by atoms with Gasteiger partial charge in [-0.3, -0.25) is 4.90 Å². The van der Waals surface area contributed by atoms with Gasteiger partial charge in [-0.1, -0.05) is 0 Å². The van der Waals surface area contributed by atoms with Gasteiger partial charge >= 0.3 is 46.6 Å². The average molecular weight is 224 g/mol. The van der Waals surface area contributed by atoms with Crippen LogP contribution in [-0.2, 0) is 26.7 Å². The Morgan fingerprint density at radius 1 is 1.17 bits per heavy atom. The van der Waals surface area contributed by atoms with E-state index in [1.165, 1.54) is 7.05 Å². The molecule has 0 saturated carbocycles. The minimum atomic E-state index is -1.30. The molecule has 0 rings (SSSR count). The van der Waals surface area contributed by atoms with E-state index in [4.69, 9.17) is 0 Å². The van der Waals surface area contributed by atoms with Crippen LogP contribution in [0.25, 0.3) is 0 Å². The molecule has 0 aliphatic heterocycles. The van der Waals surface area contributed by atoms with Crippen LogP contribution in [0.2, 0.25) is 0 Å². The Bertz CT molecular complexity index is 138. The Kier molecular flexibility index (Phi) is 14.5. The predicted octanol–water partition coefficient (Wildman–Crippen LogP) is -6.58. The molecule has 7 heteroatoms. The summed E-state index contributed by atoms with van der Waals surface area (Å²) in [5.41, 5.74) is 0. The summed E-state index contributed by atoms with van der Waals surface area (Å²) in [5.74, 6) is -2.60. The molecule has 12 heavy (non-hydrogen) atoms. The second-order valence-corrected chi connectivity index (χ2v) is 1.92. The second-order valence-electron chi connectivity index (χ2n) is 1.92. The van der Waals surface area contributed by atoms with Gasteiger partial charge in [0.25, 0.3) is 0 Å². The van der Waals surface area contributed by atoms with Gasteiger partial charge in [0.1, 0.15) is 0 Å². The first-order valence-corrected chi connectivity index (χ1v) is 2.60. The average Bonchev–Trinajstić information content (AvgIpc) is 1.58. The van der Waals surface area contributed by atoms with Gasteiger partial charge in [-0.15, -0.1) is 0 Å². The summed E-state index contributed by atoms with van der Waals surface area (Å²) < 4.78 is 0. The number of nitrogens with zero attached hydrogens (tertiary/aromatic N) is 1. The smallest absolute Gasteiger partial charge is 0.549 e. The molecule has 0 aliphatic rings. The van der Waals surface area contributed by atoms with Gasteiger partial charge in [0, 0.05) is 13.1 Å². The summed E-state index contributed by atoms with van der Waals surface area (Å²) in [6.07, 6.45) is 0. The number of carbonyl (C=O) groups excluding carboxylic acids is 2. The number of carboxylic acid groups (broad SMARTS) is 2. The largest absolute Gasteiger partial charge is 3.00 e. The van der Waals surface area contributed by atoms with E-state index in [0.29, 0.717) is 0 Å². The third-order valence-corrected chi connectivity index (χ3v) is 0.798. The van der Waals surface area contributed by atoms with Crippen molar-refractivity contribution in [1.29, 1.82) is 0 Å². The van der Waals surface area contributed by atoms with Crippen LogP contribution >= 0.6 is 0 Å². The molecular formula is C5H7FeNNaO4+2. The van der Waals surface area contributed by atoms with Crippen LogP contribution in [0.15, 0.2) is 0 Å². The van der Waals surface area contributed by atoms with Crippen molar-refractivity contribution >= 4 is 11.9 Å². The molecule has 0 spiro atoms. The summed E-state index contributed by atoms with van der Waals surface area (Å²) in [5, 5.41) is 19.7. The van der Waals surface area contributed by atoms with E-state index in [1.807, 2.05) is 0 Å². The van der Waals surface area contributed by atoms with Gasteiger partial charge in [0.15, 0.2) is 0 Å². The molecule has 0 unspecified atom stereocenters. The minimum Gasteiger partial charge on any atom is -0.549 e. The Labute approximate surface area is 103 Å². The molecule has 63 valence electrons. The van der Waals surface area contributed by atoms with Gasteiger partial charge in [-0.2, -0.15) is 0 Å². The van der Waals surface area contributed by atoms with Gasteiger partial charge in [-0.05, 0) is 7.05 Å². The number of likely N-dealkylation sites (N-methyl/N-ethyl adjacent to an activating group) is 1. The van der Waals surface area contributed by atoms with E-state index in [-0.39, 0.29) is 46.6 Å². The first-order chi connectivity index (χ1) is 4.52. The molecule has 5 nitrogen and oxygen atoms in total. The Morgan fingerprint density at radius 3 is 1.58 bits per heavy atom. The van der Waals surface area contributed by atoms with Crippen LogP contribution in [0.1, 0.15) is 0 Å². The summed E-state index contributed by atoms with van der Waals surface area (Å²) >= 11 is 0. The molecule has 0 N–H and O–H groups in total. The van der Waals surface area contributed by atoms with Gasteiger partial charge < -0.3 is 19.8 Å². The standard InChI is InChI=1S/C5H9NO4.Fe.Na/c1-6(2-4(7)8)3-5(9)10;;/h2-3H2,1H3,(H,7,8)(H,9,10);;/q;+3;+1/p-2. The zero-order valence-electron chi connectivity index (χ0n) is 6.85. The van der Waals surface area contributed by atoms with Crippen LogP contribution in [0.3, 0.4) is 0 Å². The number of carbonyl (C=O) groups is 2. The first kappa shape index (κ1) is 18.3. The number of aliphatic carboxylic acids is 2. The molecule has 0 bridgehead atoms. The van der Waals surface area contributed by atoms with Crippen molar-refractivity contribution < 1.29 is 66.4 Å². The SMILES string of the molecule is CN(CC(=O)[O-])CC(=O)[O-].[Fe+3].[Na+]. The van der Waals surface area contributed by atoms with E-state index in [1.54, 1.807) is 0 Å². The Hall–Kier alpha value is 0.419. The van der Waals surface area contributed by atoms with E-state index in [2.05, 4.69) is 0 Å². The maximum absolute atomic E-state index is 9.83. The van der Waals surface area contributed by atoms with E-state index >= 15 is 0 Å². The molecule has 0 aromatic heterocycles.